The molecule has 1 rings (SSSR count). The van der Waals surface area contributed by atoms with Crippen molar-refractivity contribution < 1.29 is 27.8 Å². The Morgan fingerprint density at radius 1 is 1.35 bits per heavy atom. The van der Waals surface area contributed by atoms with Gasteiger partial charge in [0.1, 0.15) is 22.4 Å². The van der Waals surface area contributed by atoms with Crippen LogP contribution in [-0.4, -0.2) is 39.8 Å². The zero-order chi connectivity index (χ0) is 15.3. The third-order valence-corrected chi connectivity index (χ3v) is 4.18. The summed E-state index contributed by atoms with van der Waals surface area (Å²) in [7, 11) is -1.23. The smallest absolute Gasteiger partial charge is 0.321 e. The van der Waals surface area contributed by atoms with Gasteiger partial charge in [0.25, 0.3) is 0 Å². The van der Waals surface area contributed by atoms with Gasteiger partial charge < -0.3 is 14.6 Å². The molecule has 20 heavy (non-hydrogen) atoms. The van der Waals surface area contributed by atoms with Crippen LogP contribution in [0.5, 0.6) is 11.5 Å². The summed E-state index contributed by atoms with van der Waals surface area (Å²) in [5.41, 5.74) is 0. The Bertz CT molecular complexity index is 584. The molecule has 0 radical (unpaired) electrons. The fourth-order valence-corrected chi connectivity index (χ4v) is 2.98. The maximum Gasteiger partial charge on any atom is 0.321 e. The van der Waals surface area contributed by atoms with Gasteiger partial charge in [-0.15, -0.1) is 0 Å². The van der Waals surface area contributed by atoms with Crippen LogP contribution in [0.1, 0.15) is 13.3 Å². The first kappa shape index (κ1) is 16.3. The van der Waals surface area contributed by atoms with Crippen LogP contribution in [0.25, 0.3) is 0 Å². The first-order chi connectivity index (χ1) is 9.35. The quantitative estimate of drug-likeness (QED) is 0.774. The Morgan fingerprint density at radius 2 is 2.00 bits per heavy atom. The number of carboxylic acids is 1. The molecule has 0 saturated carbocycles. The fourth-order valence-electron chi connectivity index (χ4n) is 1.56. The van der Waals surface area contributed by atoms with Gasteiger partial charge in [0.15, 0.2) is 0 Å². The highest BCUT2D eigenvalue weighted by Gasteiger charge is 2.26. The molecule has 0 aliphatic heterocycles. The lowest BCUT2D eigenvalue weighted by Crippen LogP contribution is -2.40. The van der Waals surface area contributed by atoms with Crippen LogP contribution in [0.15, 0.2) is 23.1 Å². The van der Waals surface area contributed by atoms with E-state index in [0.29, 0.717) is 5.75 Å². The first-order valence-electron chi connectivity index (χ1n) is 5.82. The fraction of sp³-hybridized carbons (Fsp3) is 0.417. The molecular formula is C12H17NO6S. The lowest BCUT2D eigenvalue weighted by atomic mass is 10.2. The highest BCUT2D eigenvalue weighted by molar-refractivity contribution is 7.89. The number of aliphatic carboxylic acids is 1. The van der Waals surface area contributed by atoms with Crippen LogP contribution in [0, 0.1) is 0 Å². The number of rotatable bonds is 7. The maximum absolute atomic E-state index is 12.2. The largest absolute Gasteiger partial charge is 0.497 e. The molecule has 8 heteroatoms. The van der Waals surface area contributed by atoms with E-state index in [1.54, 1.807) is 6.92 Å². The Kier molecular flexibility index (Phi) is 5.34. The number of benzene rings is 1. The third kappa shape index (κ3) is 3.61. The maximum atomic E-state index is 12.2. The lowest BCUT2D eigenvalue weighted by molar-refractivity contribution is -0.139. The zero-order valence-electron chi connectivity index (χ0n) is 11.4. The van der Waals surface area contributed by atoms with E-state index in [4.69, 9.17) is 14.6 Å². The number of hydrogen-bond acceptors (Lipinski definition) is 5. The van der Waals surface area contributed by atoms with Crippen molar-refractivity contribution in [2.24, 2.45) is 0 Å². The van der Waals surface area contributed by atoms with Gasteiger partial charge in [0.05, 0.1) is 14.2 Å². The van der Waals surface area contributed by atoms with Gasteiger partial charge in [-0.1, -0.05) is 6.92 Å². The Hall–Kier alpha value is -1.80. The third-order valence-electron chi connectivity index (χ3n) is 2.66. The van der Waals surface area contributed by atoms with E-state index in [2.05, 4.69) is 4.72 Å². The molecule has 1 atom stereocenters. The average molecular weight is 303 g/mol. The summed E-state index contributed by atoms with van der Waals surface area (Å²) in [5, 5.41) is 8.91. The number of sulfonamides is 1. The molecule has 0 aromatic heterocycles. The summed E-state index contributed by atoms with van der Waals surface area (Å²) in [6, 6.07) is 2.98. The first-order valence-corrected chi connectivity index (χ1v) is 7.31. The van der Waals surface area contributed by atoms with E-state index in [9.17, 15) is 13.2 Å². The SMILES string of the molecule is CC[C@@H](NS(=O)(=O)c1ccc(OC)cc1OC)C(=O)O. The van der Waals surface area contributed by atoms with Crippen molar-refractivity contribution in [3.8, 4) is 11.5 Å². The van der Waals surface area contributed by atoms with Crippen LogP contribution in [0.4, 0.5) is 0 Å². The minimum atomic E-state index is -4.00. The molecule has 0 aliphatic carbocycles. The summed E-state index contributed by atoms with van der Waals surface area (Å²) in [6.45, 7) is 1.58. The molecule has 7 nitrogen and oxygen atoms in total. The van der Waals surface area contributed by atoms with E-state index in [1.807, 2.05) is 0 Å². The summed E-state index contributed by atoms with van der Waals surface area (Å²) in [6.07, 6.45) is 0.132. The van der Waals surface area contributed by atoms with Crippen molar-refractivity contribution >= 4 is 16.0 Å². The van der Waals surface area contributed by atoms with Crippen molar-refractivity contribution in [3.05, 3.63) is 18.2 Å². The Morgan fingerprint density at radius 3 is 2.45 bits per heavy atom. The molecule has 1 aromatic carbocycles. The van der Waals surface area contributed by atoms with E-state index in [0.717, 1.165) is 0 Å². The number of carboxylic acid groups (broad SMARTS) is 1. The second-order valence-corrected chi connectivity index (χ2v) is 5.62. The van der Waals surface area contributed by atoms with Crippen LogP contribution < -0.4 is 14.2 Å². The van der Waals surface area contributed by atoms with Gasteiger partial charge in [-0.05, 0) is 18.6 Å². The second-order valence-electron chi connectivity index (χ2n) is 3.94. The molecule has 0 unspecified atom stereocenters. The van der Waals surface area contributed by atoms with E-state index in [-0.39, 0.29) is 17.1 Å². The number of carbonyl (C=O) groups is 1. The van der Waals surface area contributed by atoms with Crippen LogP contribution in [-0.2, 0) is 14.8 Å². The minimum Gasteiger partial charge on any atom is -0.497 e. The van der Waals surface area contributed by atoms with Gasteiger partial charge in [0, 0.05) is 6.07 Å². The number of methoxy groups -OCH3 is 2. The van der Waals surface area contributed by atoms with Gasteiger partial charge in [-0.2, -0.15) is 4.72 Å². The standard InChI is InChI=1S/C12H17NO6S/c1-4-9(12(14)15)13-20(16,17)11-6-5-8(18-2)7-10(11)19-3/h5-7,9,13H,4H2,1-3H3,(H,14,15)/t9-/m1/s1. The van der Waals surface area contributed by atoms with Gasteiger partial charge in [-0.3, -0.25) is 4.79 Å². The molecule has 2 N–H and O–H groups in total. The second kappa shape index (κ2) is 6.58. The van der Waals surface area contributed by atoms with Crippen LogP contribution >= 0.6 is 0 Å². The lowest BCUT2D eigenvalue weighted by Gasteiger charge is -2.15. The van der Waals surface area contributed by atoms with E-state index < -0.39 is 22.0 Å². The summed E-state index contributed by atoms with van der Waals surface area (Å²) < 4.78 is 36.5. The highest BCUT2D eigenvalue weighted by Crippen LogP contribution is 2.28. The zero-order valence-corrected chi connectivity index (χ0v) is 12.2. The number of hydrogen-bond donors (Lipinski definition) is 2. The predicted octanol–water partition coefficient (Wildman–Crippen LogP) is 0.845. The topological polar surface area (TPSA) is 102 Å². The minimum absolute atomic E-state index is 0.0806. The molecule has 0 amide bonds. The van der Waals surface area contributed by atoms with Crippen LogP contribution in [0.3, 0.4) is 0 Å². The van der Waals surface area contributed by atoms with Crippen LogP contribution in [0.2, 0.25) is 0 Å². The van der Waals surface area contributed by atoms with Gasteiger partial charge >= 0.3 is 5.97 Å². The molecular weight excluding hydrogens is 286 g/mol. The van der Waals surface area contributed by atoms with E-state index in [1.165, 1.54) is 32.4 Å². The molecule has 0 fully saturated rings. The summed E-state index contributed by atoms with van der Waals surface area (Å²) in [4.78, 5) is 10.8. The summed E-state index contributed by atoms with van der Waals surface area (Å²) >= 11 is 0. The normalized spacial score (nSPS) is 12.8. The molecule has 0 spiro atoms. The van der Waals surface area contributed by atoms with E-state index >= 15 is 0 Å². The van der Waals surface area contributed by atoms with Crippen molar-refractivity contribution in [3.63, 3.8) is 0 Å². The van der Waals surface area contributed by atoms with Crippen molar-refractivity contribution in [2.75, 3.05) is 14.2 Å². The highest BCUT2D eigenvalue weighted by atomic mass is 32.2. The predicted molar refractivity (Wildman–Crippen MR) is 71.6 cm³/mol. The monoisotopic (exact) mass is 303 g/mol. The van der Waals surface area contributed by atoms with Gasteiger partial charge in [0.2, 0.25) is 10.0 Å². The average Bonchev–Trinajstić information content (AvgIpc) is 2.43. The van der Waals surface area contributed by atoms with Crippen molar-refractivity contribution in [2.45, 2.75) is 24.3 Å². The Balaban J connectivity index is 3.18. The molecule has 1 aromatic rings. The van der Waals surface area contributed by atoms with Gasteiger partial charge in [-0.25, -0.2) is 8.42 Å². The van der Waals surface area contributed by atoms with Crippen molar-refractivity contribution in [1.29, 1.82) is 0 Å². The number of ether oxygens (including phenoxy) is 2. The Labute approximate surface area is 117 Å². The molecule has 0 bridgehead atoms. The molecule has 112 valence electrons. The van der Waals surface area contributed by atoms with Crippen molar-refractivity contribution in [1.82, 2.24) is 4.72 Å². The number of nitrogens with one attached hydrogen (secondary N) is 1. The molecule has 0 aliphatic rings. The molecule has 0 heterocycles. The summed E-state index contributed by atoms with van der Waals surface area (Å²) in [5.74, 6) is -0.716. The molecule has 0 saturated heterocycles.